The molecule has 1 amide bonds. The van der Waals surface area contributed by atoms with Gasteiger partial charge in [0.2, 0.25) is 0 Å². The molecule has 0 spiro atoms. The number of morpholine rings is 1. The highest BCUT2D eigenvalue weighted by Crippen LogP contribution is 2.33. The molecule has 1 saturated heterocycles. The molecule has 2 aromatic rings. The number of ether oxygens (including phenoxy) is 1. The summed E-state index contributed by atoms with van der Waals surface area (Å²) < 4.78 is 7.64. The molecule has 3 heterocycles. The number of amides is 1. The van der Waals surface area contributed by atoms with Gasteiger partial charge in [-0.15, -0.1) is 0 Å². The second kappa shape index (κ2) is 9.98. The summed E-state index contributed by atoms with van der Waals surface area (Å²) in [6.45, 7) is 8.26. The van der Waals surface area contributed by atoms with Gasteiger partial charge in [-0.05, 0) is 50.0 Å². The molecule has 2 fully saturated rings. The van der Waals surface area contributed by atoms with Gasteiger partial charge in [0.15, 0.2) is 6.23 Å². The number of dihydropyridines is 1. The Bertz CT molecular complexity index is 1120. The fraction of sp³-hybridized carbons (Fsp3) is 0.577. The number of hydrogen-bond donors (Lipinski definition) is 2. The van der Waals surface area contributed by atoms with Crippen molar-refractivity contribution in [1.29, 1.82) is 0 Å². The van der Waals surface area contributed by atoms with Gasteiger partial charge in [0.1, 0.15) is 0 Å². The molecular weight excluding hydrogens is 430 g/mol. The summed E-state index contributed by atoms with van der Waals surface area (Å²) in [5, 5.41) is 19.1. The van der Waals surface area contributed by atoms with E-state index in [-0.39, 0.29) is 12.5 Å². The Morgan fingerprint density at radius 1 is 1.21 bits per heavy atom. The van der Waals surface area contributed by atoms with Crippen molar-refractivity contribution in [2.75, 3.05) is 32.8 Å². The minimum Gasteiger partial charge on any atom is -0.379 e. The molecule has 0 bridgehead atoms. The molecule has 1 aliphatic carbocycles. The van der Waals surface area contributed by atoms with Crippen molar-refractivity contribution >= 4 is 22.5 Å². The third-order valence-electron chi connectivity index (χ3n) is 7.36. The minimum atomic E-state index is -0.883. The number of aliphatic imine (C=N–C) groups is 1. The van der Waals surface area contributed by atoms with Gasteiger partial charge < -0.3 is 15.2 Å². The zero-order chi connectivity index (χ0) is 23.7. The summed E-state index contributed by atoms with van der Waals surface area (Å²) in [5.41, 5.74) is 5.57. The highest BCUT2D eigenvalue weighted by atomic mass is 16.5. The lowest BCUT2D eigenvalue weighted by atomic mass is 9.99. The number of aromatic nitrogens is 2. The fourth-order valence-electron chi connectivity index (χ4n) is 5.50. The first-order chi connectivity index (χ1) is 16.5. The maximum Gasteiger partial charge on any atom is 0.252 e. The number of rotatable bonds is 6. The van der Waals surface area contributed by atoms with Crippen molar-refractivity contribution in [3.05, 3.63) is 40.6 Å². The molecule has 8 nitrogen and oxygen atoms in total. The van der Waals surface area contributed by atoms with Crippen LogP contribution in [0.5, 0.6) is 0 Å². The number of aliphatic hydroxyl groups is 1. The van der Waals surface area contributed by atoms with E-state index in [0.717, 1.165) is 85.4 Å². The Morgan fingerprint density at radius 2 is 1.97 bits per heavy atom. The van der Waals surface area contributed by atoms with Crippen LogP contribution >= 0.6 is 0 Å². The van der Waals surface area contributed by atoms with Gasteiger partial charge in [-0.3, -0.25) is 19.4 Å². The first-order valence-electron chi connectivity index (χ1n) is 12.5. The normalized spacial score (nSPS) is 22.4. The number of allylic oxidation sites excluding steroid dienone is 1. The number of carbonyl (C=O) groups is 1. The van der Waals surface area contributed by atoms with Crippen molar-refractivity contribution < 1.29 is 14.6 Å². The van der Waals surface area contributed by atoms with Gasteiger partial charge in [0.05, 0.1) is 36.5 Å². The third-order valence-corrected chi connectivity index (χ3v) is 7.36. The number of nitrogens with zero attached hydrogens (tertiary/aromatic N) is 4. The van der Waals surface area contributed by atoms with E-state index in [9.17, 15) is 9.90 Å². The van der Waals surface area contributed by atoms with Crippen molar-refractivity contribution in [2.45, 2.75) is 64.8 Å². The zero-order valence-electron chi connectivity index (χ0n) is 20.2. The van der Waals surface area contributed by atoms with Crippen LogP contribution in [0.15, 0.2) is 34.5 Å². The van der Waals surface area contributed by atoms with Crippen molar-refractivity contribution in [3.8, 4) is 0 Å². The van der Waals surface area contributed by atoms with Crippen LogP contribution in [0.2, 0.25) is 0 Å². The largest absolute Gasteiger partial charge is 0.379 e. The van der Waals surface area contributed by atoms with E-state index in [1.165, 1.54) is 12.8 Å². The maximum atomic E-state index is 13.4. The molecule has 182 valence electrons. The van der Waals surface area contributed by atoms with Crippen molar-refractivity contribution in [2.24, 2.45) is 4.99 Å². The Labute approximate surface area is 200 Å². The smallest absolute Gasteiger partial charge is 0.252 e. The van der Waals surface area contributed by atoms with E-state index in [0.29, 0.717) is 11.6 Å². The summed E-state index contributed by atoms with van der Waals surface area (Å²) in [7, 11) is 0. The van der Waals surface area contributed by atoms with Gasteiger partial charge in [0, 0.05) is 43.7 Å². The molecule has 34 heavy (non-hydrogen) atoms. The first-order valence-corrected chi connectivity index (χ1v) is 12.5. The van der Waals surface area contributed by atoms with E-state index < -0.39 is 6.23 Å². The SMILES string of the molecule is CC1=NC(O)C(CNC(=O)c2cc(CN3CCOCC3)cc3c2cnn3C2CCCC2)=C(C)C1. The van der Waals surface area contributed by atoms with Gasteiger partial charge in [0.25, 0.3) is 5.91 Å². The average molecular weight is 466 g/mol. The van der Waals surface area contributed by atoms with Crippen LogP contribution in [-0.2, 0) is 11.3 Å². The molecule has 1 unspecified atom stereocenters. The van der Waals surface area contributed by atoms with Crippen molar-refractivity contribution in [1.82, 2.24) is 20.0 Å². The van der Waals surface area contributed by atoms with Crippen molar-refractivity contribution in [3.63, 3.8) is 0 Å². The molecule has 1 aromatic heterocycles. The van der Waals surface area contributed by atoms with Gasteiger partial charge >= 0.3 is 0 Å². The van der Waals surface area contributed by atoms with Crippen LogP contribution in [-0.4, -0.2) is 70.5 Å². The number of hydrogen-bond acceptors (Lipinski definition) is 6. The maximum absolute atomic E-state index is 13.4. The third kappa shape index (κ3) is 4.80. The topological polar surface area (TPSA) is 92.0 Å². The lowest BCUT2D eigenvalue weighted by molar-refractivity contribution is 0.0342. The fourth-order valence-corrected chi connectivity index (χ4v) is 5.50. The monoisotopic (exact) mass is 465 g/mol. The second-order valence-corrected chi connectivity index (χ2v) is 9.90. The van der Waals surface area contributed by atoms with E-state index in [2.05, 4.69) is 26.0 Å². The predicted molar refractivity (Wildman–Crippen MR) is 132 cm³/mol. The van der Waals surface area contributed by atoms with Gasteiger partial charge in [-0.25, -0.2) is 0 Å². The molecule has 2 N–H and O–H groups in total. The summed E-state index contributed by atoms with van der Waals surface area (Å²) >= 11 is 0. The lowest BCUT2D eigenvalue weighted by Gasteiger charge is -2.27. The van der Waals surface area contributed by atoms with Gasteiger partial charge in [-0.2, -0.15) is 5.10 Å². The summed E-state index contributed by atoms with van der Waals surface area (Å²) in [4.78, 5) is 20.1. The lowest BCUT2D eigenvalue weighted by Crippen LogP contribution is -2.35. The van der Waals surface area contributed by atoms with E-state index in [1.807, 2.05) is 26.1 Å². The van der Waals surface area contributed by atoms with Crippen LogP contribution in [0.4, 0.5) is 0 Å². The zero-order valence-corrected chi connectivity index (χ0v) is 20.2. The average Bonchev–Trinajstić information content (AvgIpc) is 3.48. The highest BCUT2D eigenvalue weighted by Gasteiger charge is 2.24. The molecule has 5 rings (SSSR count). The minimum absolute atomic E-state index is 0.140. The summed E-state index contributed by atoms with van der Waals surface area (Å²) in [6, 6.07) is 4.62. The molecular formula is C26H35N5O3. The Morgan fingerprint density at radius 3 is 2.71 bits per heavy atom. The highest BCUT2D eigenvalue weighted by molar-refractivity contribution is 6.06. The molecule has 1 saturated carbocycles. The van der Waals surface area contributed by atoms with Gasteiger partial charge in [-0.1, -0.05) is 18.4 Å². The predicted octanol–water partition coefficient (Wildman–Crippen LogP) is 3.21. The Kier molecular flexibility index (Phi) is 6.81. The second-order valence-electron chi connectivity index (χ2n) is 9.90. The number of benzene rings is 1. The quantitative estimate of drug-likeness (QED) is 0.639. The van der Waals surface area contributed by atoms with E-state index in [1.54, 1.807) is 0 Å². The molecule has 0 radical (unpaired) electrons. The number of carbonyl (C=O) groups excluding carboxylic acids is 1. The van der Waals surface area contributed by atoms with Crippen LogP contribution in [0.25, 0.3) is 10.9 Å². The Balaban J connectivity index is 1.43. The first kappa shape index (κ1) is 23.2. The van der Waals surface area contributed by atoms with Crippen LogP contribution in [0.1, 0.15) is 67.9 Å². The number of aliphatic hydroxyl groups excluding tert-OH is 1. The number of fused-ring (bicyclic) bond motifs is 1. The van der Waals surface area contributed by atoms with E-state index >= 15 is 0 Å². The van der Waals surface area contributed by atoms with Crippen LogP contribution < -0.4 is 5.32 Å². The molecule has 2 aliphatic heterocycles. The van der Waals surface area contributed by atoms with Crippen LogP contribution in [0, 0.1) is 0 Å². The standard InChI is InChI=1S/C26H35N5O3/c1-17-11-18(2)29-26(33)22(17)14-27-25(32)21-12-19(16-30-7-9-34-10-8-30)13-24-23(21)15-28-31(24)20-5-3-4-6-20/h12-13,15,20,26,33H,3-11,14,16H2,1-2H3,(H,27,32). The molecule has 1 aromatic carbocycles. The Hall–Kier alpha value is -2.55. The van der Waals surface area contributed by atoms with Crippen LogP contribution in [0.3, 0.4) is 0 Å². The summed E-state index contributed by atoms with van der Waals surface area (Å²) in [6.07, 6.45) is 6.42. The number of nitrogens with one attached hydrogen (secondary N) is 1. The molecule has 8 heteroatoms. The molecule has 3 aliphatic rings. The summed E-state index contributed by atoms with van der Waals surface area (Å²) in [5.74, 6) is -0.140. The molecule has 1 atom stereocenters. The van der Waals surface area contributed by atoms with E-state index in [4.69, 9.17) is 9.84 Å².